The molecule has 0 amide bonds. The summed E-state index contributed by atoms with van der Waals surface area (Å²) in [7, 11) is -2.55. The van der Waals surface area contributed by atoms with Crippen molar-refractivity contribution in [2.24, 2.45) is 17.8 Å². The second-order valence-corrected chi connectivity index (χ2v) is 11.0. The molecular weight excluding hydrogens is 334 g/mol. The van der Waals surface area contributed by atoms with Crippen LogP contribution in [0.5, 0.6) is 0 Å². The second kappa shape index (κ2) is 5.48. The van der Waals surface area contributed by atoms with E-state index >= 15 is 0 Å². The summed E-state index contributed by atoms with van der Waals surface area (Å²) in [5, 5.41) is 10.9. The van der Waals surface area contributed by atoms with Gasteiger partial charge in [-0.15, -0.1) is 0 Å². The molecule has 4 aliphatic carbocycles. The molecule has 0 heterocycles. The van der Waals surface area contributed by atoms with E-state index in [1.54, 1.807) is 0 Å². The predicted molar refractivity (Wildman–Crippen MR) is 88.5 cm³/mol. The third-order valence-corrected chi connectivity index (χ3v) is 9.39. The molecule has 0 N–H and O–H groups in total. The number of nitro groups is 1. The fourth-order valence-electron chi connectivity index (χ4n) is 4.68. The van der Waals surface area contributed by atoms with Gasteiger partial charge in [0.05, 0.1) is 9.82 Å². The molecule has 0 saturated heterocycles. The standard InChI is InChI=1S/C16H18NO4S2/c18-17(19)14-2-1-3-15(9-14)23(20,21)22-16-12-5-10-4-11(7-12)8-13(16)6-10/h1-3,9-12,16H,4-8H2. The van der Waals surface area contributed by atoms with Gasteiger partial charge >= 0.3 is 0 Å². The summed E-state index contributed by atoms with van der Waals surface area (Å²) in [5.41, 5.74) is -0.176. The lowest BCUT2D eigenvalue weighted by molar-refractivity contribution is -0.385. The van der Waals surface area contributed by atoms with Crippen LogP contribution in [0.3, 0.4) is 0 Å². The van der Waals surface area contributed by atoms with Crippen LogP contribution >= 0.6 is 10.8 Å². The Morgan fingerprint density at radius 3 is 2.43 bits per heavy atom. The van der Waals surface area contributed by atoms with Crippen molar-refractivity contribution in [3.63, 3.8) is 0 Å². The number of nitrogens with zero attached hydrogens (tertiary/aromatic N) is 1. The first-order chi connectivity index (χ1) is 10.9. The topological polar surface area (TPSA) is 77.3 Å². The first-order valence-electron chi connectivity index (χ1n) is 7.95. The molecule has 4 fully saturated rings. The van der Waals surface area contributed by atoms with E-state index in [0.29, 0.717) is 5.92 Å². The average Bonchev–Trinajstić information content (AvgIpc) is 2.50. The average molecular weight is 352 g/mol. The van der Waals surface area contributed by atoms with Crippen molar-refractivity contribution in [3.8, 4) is 0 Å². The Balaban J connectivity index is 1.58. The number of hydrogen-bond donors (Lipinski definition) is 0. The summed E-state index contributed by atoms with van der Waals surface area (Å²) in [5.74, 6) is 3.40. The Morgan fingerprint density at radius 2 is 1.83 bits per heavy atom. The van der Waals surface area contributed by atoms with Gasteiger partial charge in [0.2, 0.25) is 8.87 Å². The van der Waals surface area contributed by atoms with E-state index in [9.17, 15) is 18.5 Å². The normalized spacial score (nSPS) is 33.0. The predicted octanol–water partition coefficient (Wildman–Crippen LogP) is 3.80. The molecule has 1 radical (unpaired) electrons. The molecule has 0 spiro atoms. The van der Waals surface area contributed by atoms with Crippen LogP contribution in [0, 0.1) is 33.8 Å². The first-order valence-corrected chi connectivity index (χ1v) is 10.8. The van der Waals surface area contributed by atoms with Crippen molar-refractivity contribution in [2.75, 3.05) is 0 Å². The van der Waals surface area contributed by atoms with Crippen molar-refractivity contribution in [2.45, 2.75) is 42.2 Å². The third kappa shape index (κ3) is 2.78. The van der Waals surface area contributed by atoms with Crippen molar-refractivity contribution < 1.29 is 13.3 Å². The first kappa shape index (κ1) is 15.4. The van der Waals surface area contributed by atoms with Crippen molar-refractivity contribution >= 4 is 25.4 Å². The highest BCUT2D eigenvalue weighted by Gasteiger charge is 2.50. The van der Waals surface area contributed by atoms with E-state index in [4.69, 9.17) is 0 Å². The van der Waals surface area contributed by atoms with E-state index < -0.39 is 13.8 Å². The number of nitro benzene ring substituents is 1. The molecule has 5 nitrogen and oxygen atoms in total. The van der Waals surface area contributed by atoms with Gasteiger partial charge < -0.3 is 0 Å². The van der Waals surface area contributed by atoms with Crippen LogP contribution in [0.1, 0.15) is 32.1 Å². The molecule has 3 unspecified atom stereocenters. The summed E-state index contributed by atoms with van der Waals surface area (Å²) < 4.78 is 25.5. The van der Waals surface area contributed by atoms with Crippen LogP contribution in [-0.4, -0.2) is 18.6 Å². The molecule has 1 aromatic carbocycles. The third-order valence-electron chi connectivity index (χ3n) is 5.42. The van der Waals surface area contributed by atoms with Crippen LogP contribution in [-0.2, 0) is 8.87 Å². The van der Waals surface area contributed by atoms with Gasteiger partial charge in [-0.2, -0.15) is 0 Å². The summed E-state index contributed by atoms with van der Waals surface area (Å²) in [4.78, 5) is 10.4. The highest BCUT2D eigenvalue weighted by molar-refractivity contribution is 8.72. The fourth-order valence-corrected chi connectivity index (χ4v) is 8.62. The molecule has 4 aliphatic rings. The van der Waals surface area contributed by atoms with E-state index in [-0.39, 0.29) is 15.8 Å². The molecular formula is C16H18NO4S2. The molecule has 0 aromatic heterocycles. The summed E-state index contributed by atoms with van der Waals surface area (Å²) in [6, 6.07) is 5.38. The van der Waals surface area contributed by atoms with Gasteiger partial charge in [0.15, 0.2) is 0 Å². The van der Waals surface area contributed by atoms with Gasteiger partial charge in [0.1, 0.15) is 0 Å². The Hall–Kier alpha value is -1.08. The summed E-state index contributed by atoms with van der Waals surface area (Å²) in [6.45, 7) is 0. The zero-order chi connectivity index (χ0) is 16.2. The molecule has 23 heavy (non-hydrogen) atoms. The molecule has 3 atom stereocenters. The van der Waals surface area contributed by atoms with Crippen molar-refractivity contribution in [1.82, 2.24) is 0 Å². The monoisotopic (exact) mass is 352 g/mol. The molecule has 4 bridgehead atoms. The van der Waals surface area contributed by atoms with Crippen molar-refractivity contribution in [3.05, 3.63) is 40.3 Å². The van der Waals surface area contributed by atoms with Gasteiger partial charge in [0, 0.05) is 17.4 Å². The maximum Gasteiger partial charge on any atom is 0.270 e. The number of hydrogen-bond acceptors (Lipinski definition) is 5. The number of rotatable bonds is 4. The molecule has 1 aromatic rings. The smallest absolute Gasteiger partial charge is 0.258 e. The largest absolute Gasteiger partial charge is 0.270 e. The minimum atomic E-state index is -3.57. The second-order valence-electron chi connectivity index (χ2n) is 6.99. The lowest BCUT2D eigenvalue weighted by atomic mass is 9.56. The number of non-ortho nitro benzene ring substituents is 1. The van der Waals surface area contributed by atoms with Gasteiger partial charge in [-0.3, -0.25) is 10.1 Å². The van der Waals surface area contributed by atoms with Crippen LogP contribution in [0.15, 0.2) is 29.2 Å². The minimum absolute atomic E-state index is 0.0473. The van der Waals surface area contributed by atoms with Gasteiger partial charge in [-0.05, 0) is 72.6 Å². The minimum Gasteiger partial charge on any atom is -0.258 e. The summed E-state index contributed by atoms with van der Waals surface area (Å²) in [6.07, 6.45) is 5.75. The highest BCUT2D eigenvalue weighted by atomic mass is 33.1. The highest BCUT2D eigenvalue weighted by Crippen LogP contribution is 2.59. The Labute approximate surface area is 139 Å². The molecule has 4 saturated carbocycles. The van der Waals surface area contributed by atoms with E-state index in [0.717, 1.165) is 48.3 Å². The zero-order valence-electron chi connectivity index (χ0n) is 12.6. The van der Waals surface area contributed by atoms with E-state index in [1.807, 2.05) is 0 Å². The van der Waals surface area contributed by atoms with E-state index in [1.165, 1.54) is 36.6 Å². The molecule has 123 valence electrons. The van der Waals surface area contributed by atoms with Gasteiger partial charge in [0.25, 0.3) is 5.69 Å². The van der Waals surface area contributed by atoms with Crippen LogP contribution in [0.25, 0.3) is 0 Å². The molecule has 5 rings (SSSR count). The quantitative estimate of drug-likeness (QED) is 0.468. The van der Waals surface area contributed by atoms with Crippen LogP contribution in [0.4, 0.5) is 5.69 Å². The lowest BCUT2D eigenvalue weighted by Crippen LogP contribution is -2.46. The SMILES string of the molecule is O=[N+]([O-])c1cccc(S(=O)(=O)SC2[C]3CC4CC(C3)CC2C4)c1. The Bertz CT molecular complexity index is 718. The van der Waals surface area contributed by atoms with Gasteiger partial charge in [-0.1, -0.05) is 6.07 Å². The van der Waals surface area contributed by atoms with Gasteiger partial charge in [-0.25, -0.2) is 8.42 Å². The van der Waals surface area contributed by atoms with Crippen LogP contribution < -0.4 is 0 Å². The lowest BCUT2D eigenvalue weighted by Gasteiger charge is -2.53. The molecule has 0 aliphatic heterocycles. The molecule has 7 heteroatoms. The number of benzene rings is 1. The van der Waals surface area contributed by atoms with Crippen molar-refractivity contribution in [1.29, 1.82) is 0 Å². The fraction of sp³-hybridized carbons (Fsp3) is 0.562. The Kier molecular flexibility index (Phi) is 3.68. The maximum atomic E-state index is 12.7. The summed E-state index contributed by atoms with van der Waals surface area (Å²) >= 11 is 0. The zero-order valence-corrected chi connectivity index (χ0v) is 14.2. The Morgan fingerprint density at radius 1 is 1.13 bits per heavy atom. The van der Waals surface area contributed by atoms with E-state index in [2.05, 4.69) is 0 Å². The maximum absolute atomic E-state index is 12.7. The van der Waals surface area contributed by atoms with Crippen LogP contribution in [0.2, 0.25) is 0 Å².